The molecule has 0 aliphatic carbocycles. The second-order valence-electron chi connectivity index (χ2n) is 6.48. The Balaban J connectivity index is 1.42. The van der Waals surface area contributed by atoms with Crippen LogP contribution in [0.4, 0.5) is 4.39 Å². The summed E-state index contributed by atoms with van der Waals surface area (Å²) >= 11 is 3.44. The van der Waals surface area contributed by atoms with Gasteiger partial charge in [-0.05, 0) is 29.8 Å². The highest BCUT2D eigenvalue weighted by atomic mass is 79.9. The number of imidazole rings is 1. The number of benzene rings is 2. The zero-order valence-electron chi connectivity index (χ0n) is 14.5. The molecule has 0 N–H and O–H groups in total. The van der Waals surface area contributed by atoms with Gasteiger partial charge >= 0.3 is 0 Å². The van der Waals surface area contributed by atoms with Crippen LogP contribution in [0, 0.1) is 5.82 Å². The first-order chi connectivity index (χ1) is 13.7. The molecular formula is C20H14BrFN4O2. The molecule has 28 heavy (non-hydrogen) atoms. The van der Waals surface area contributed by atoms with Crippen LogP contribution in [0.1, 0.15) is 17.4 Å². The average molecular weight is 441 g/mol. The predicted octanol–water partition coefficient (Wildman–Crippen LogP) is 4.77. The summed E-state index contributed by atoms with van der Waals surface area (Å²) in [5.74, 6) is 0.563. The van der Waals surface area contributed by atoms with Gasteiger partial charge in [-0.25, -0.2) is 9.37 Å². The van der Waals surface area contributed by atoms with Gasteiger partial charge in [0.2, 0.25) is 5.82 Å². The van der Waals surface area contributed by atoms with Crippen molar-refractivity contribution in [1.29, 1.82) is 0 Å². The molecule has 2 aromatic carbocycles. The first-order valence-electron chi connectivity index (χ1n) is 8.68. The van der Waals surface area contributed by atoms with Crippen molar-refractivity contribution in [1.82, 2.24) is 19.7 Å². The van der Waals surface area contributed by atoms with Gasteiger partial charge in [-0.15, -0.1) is 0 Å². The van der Waals surface area contributed by atoms with E-state index in [1.54, 1.807) is 12.4 Å². The number of hydrogen-bond donors (Lipinski definition) is 0. The quantitative estimate of drug-likeness (QED) is 0.458. The van der Waals surface area contributed by atoms with Crippen LogP contribution >= 0.6 is 15.9 Å². The summed E-state index contributed by atoms with van der Waals surface area (Å²) in [5, 5.41) is 4.07. The lowest BCUT2D eigenvalue weighted by Gasteiger charge is -2.25. The summed E-state index contributed by atoms with van der Waals surface area (Å²) in [5.41, 5.74) is 3.11. The Bertz CT molecular complexity index is 1160. The maximum atomic E-state index is 13.5. The van der Waals surface area contributed by atoms with Crippen molar-refractivity contribution in [2.45, 2.75) is 19.3 Å². The summed E-state index contributed by atoms with van der Waals surface area (Å²) in [6.45, 7) is 0.865. The maximum Gasteiger partial charge on any atom is 0.278 e. The van der Waals surface area contributed by atoms with Gasteiger partial charge in [-0.3, -0.25) is 0 Å². The Morgan fingerprint density at radius 1 is 1.14 bits per heavy atom. The highest BCUT2D eigenvalue weighted by Crippen LogP contribution is 2.32. The minimum Gasteiger partial charge on any atom is -0.365 e. The molecule has 0 bridgehead atoms. The third-order valence-electron chi connectivity index (χ3n) is 4.66. The summed E-state index contributed by atoms with van der Waals surface area (Å²) < 4.78 is 27.8. The molecule has 1 aliphatic rings. The van der Waals surface area contributed by atoms with Crippen LogP contribution in [0.25, 0.3) is 23.0 Å². The lowest BCUT2D eigenvalue weighted by molar-refractivity contribution is 0.00314. The van der Waals surface area contributed by atoms with E-state index in [1.807, 2.05) is 34.9 Å². The van der Waals surface area contributed by atoms with Gasteiger partial charge in [0.1, 0.15) is 11.9 Å². The minimum absolute atomic E-state index is 0.231. The molecule has 8 heteroatoms. The number of ether oxygens (including phenoxy) is 1. The first-order valence-corrected chi connectivity index (χ1v) is 9.48. The molecule has 1 atom stereocenters. The molecule has 1 aliphatic heterocycles. The Labute approximate surface area is 168 Å². The molecule has 2 aromatic heterocycles. The third-order valence-corrected chi connectivity index (χ3v) is 5.16. The number of rotatable bonds is 3. The fraction of sp³-hybridized carbons (Fsp3) is 0.150. The van der Waals surface area contributed by atoms with E-state index in [2.05, 4.69) is 31.1 Å². The van der Waals surface area contributed by atoms with Crippen LogP contribution < -0.4 is 0 Å². The molecule has 0 fully saturated rings. The first kappa shape index (κ1) is 17.3. The number of halogens is 2. The van der Waals surface area contributed by atoms with Crippen molar-refractivity contribution in [3.8, 4) is 23.0 Å². The number of nitrogens with zero attached hydrogens (tertiary/aromatic N) is 4. The van der Waals surface area contributed by atoms with Crippen LogP contribution in [-0.4, -0.2) is 19.7 Å². The molecule has 4 aromatic rings. The summed E-state index contributed by atoms with van der Waals surface area (Å²) in [6, 6.07) is 14.1. The molecule has 0 saturated carbocycles. The van der Waals surface area contributed by atoms with E-state index in [9.17, 15) is 4.39 Å². The van der Waals surface area contributed by atoms with Crippen LogP contribution in [-0.2, 0) is 17.9 Å². The van der Waals surface area contributed by atoms with Gasteiger partial charge < -0.3 is 13.8 Å². The van der Waals surface area contributed by atoms with E-state index in [-0.39, 0.29) is 11.9 Å². The SMILES string of the molecule is Fc1cccc(C2Cn3cnc(-c4nc(-c5cccc(Br)c5)no4)c3CO2)c1. The second-order valence-corrected chi connectivity index (χ2v) is 7.40. The molecule has 0 saturated heterocycles. The second kappa shape index (κ2) is 6.96. The molecule has 0 amide bonds. The summed E-state index contributed by atoms with van der Waals surface area (Å²) in [7, 11) is 0. The van der Waals surface area contributed by atoms with Gasteiger partial charge in [-0.2, -0.15) is 4.98 Å². The highest BCUT2D eigenvalue weighted by Gasteiger charge is 2.26. The van der Waals surface area contributed by atoms with Crippen LogP contribution in [0.3, 0.4) is 0 Å². The van der Waals surface area contributed by atoms with Crippen molar-refractivity contribution in [2.24, 2.45) is 0 Å². The van der Waals surface area contributed by atoms with Crippen molar-refractivity contribution < 1.29 is 13.7 Å². The zero-order chi connectivity index (χ0) is 19.1. The van der Waals surface area contributed by atoms with Crippen molar-refractivity contribution >= 4 is 15.9 Å². The topological polar surface area (TPSA) is 66.0 Å². The van der Waals surface area contributed by atoms with Crippen molar-refractivity contribution in [3.05, 3.63) is 76.4 Å². The molecule has 3 heterocycles. The van der Waals surface area contributed by atoms with Crippen LogP contribution in [0.2, 0.25) is 0 Å². The highest BCUT2D eigenvalue weighted by molar-refractivity contribution is 9.10. The standard InChI is InChI=1S/C20H14BrFN4O2/c21-14-5-1-4-13(7-14)19-24-20(28-25-19)18-16-10-27-17(9-26(16)11-23-18)12-3-2-6-15(22)8-12/h1-8,11,17H,9-10H2. The molecule has 6 nitrogen and oxygen atoms in total. The lowest BCUT2D eigenvalue weighted by atomic mass is 10.1. The molecule has 1 unspecified atom stereocenters. The fourth-order valence-corrected chi connectivity index (χ4v) is 3.68. The van der Waals surface area contributed by atoms with Crippen LogP contribution in [0.5, 0.6) is 0 Å². The Hall–Kier alpha value is -2.84. The van der Waals surface area contributed by atoms with E-state index in [4.69, 9.17) is 9.26 Å². The van der Waals surface area contributed by atoms with Crippen molar-refractivity contribution in [3.63, 3.8) is 0 Å². The smallest absolute Gasteiger partial charge is 0.278 e. The van der Waals surface area contributed by atoms with Gasteiger partial charge in [0, 0.05) is 10.0 Å². The minimum atomic E-state index is -0.274. The Morgan fingerprint density at radius 2 is 2.04 bits per heavy atom. The molecule has 5 rings (SSSR count). The summed E-state index contributed by atoms with van der Waals surface area (Å²) in [6.07, 6.45) is 1.49. The maximum absolute atomic E-state index is 13.5. The summed E-state index contributed by atoms with van der Waals surface area (Å²) in [4.78, 5) is 8.92. The van der Waals surface area contributed by atoms with Gasteiger partial charge in [0.25, 0.3) is 5.89 Å². The van der Waals surface area contributed by atoms with Crippen LogP contribution in [0.15, 0.2) is 63.9 Å². The van der Waals surface area contributed by atoms with E-state index in [0.29, 0.717) is 30.6 Å². The Morgan fingerprint density at radius 3 is 2.89 bits per heavy atom. The fourth-order valence-electron chi connectivity index (χ4n) is 3.28. The van der Waals surface area contributed by atoms with Crippen molar-refractivity contribution in [2.75, 3.05) is 0 Å². The molecule has 0 spiro atoms. The number of hydrogen-bond acceptors (Lipinski definition) is 5. The van der Waals surface area contributed by atoms with Gasteiger partial charge in [0.15, 0.2) is 5.69 Å². The molecule has 0 radical (unpaired) electrons. The van der Waals surface area contributed by atoms with Gasteiger partial charge in [0.05, 0.1) is 25.2 Å². The monoisotopic (exact) mass is 440 g/mol. The molecule has 140 valence electrons. The third kappa shape index (κ3) is 3.14. The number of fused-ring (bicyclic) bond motifs is 1. The van der Waals surface area contributed by atoms with E-state index < -0.39 is 0 Å². The van der Waals surface area contributed by atoms with Gasteiger partial charge in [-0.1, -0.05) is 45.4 Å². The Kier molecular flexibility index (Phi) is 4.29. The molecular weight excluding hydrogens is 427 g/mol. The lowest BCUT2D eigenvalue weighted by Crippen LogP contribution is -2.20. The normalized spacial score (nSPS) is 16.1. The van der Waals surface area contributed by atoms with E-state index >= 15 is 0 Å². The van der Waals surface area contributed by atoms with E-state index in [0.717, 1.165) is 21.3 Å². The van der Waals surface area contributed by atoms with E-state index in [1.165, 1.54) is 12.1 Å². The largest absolute Gasteiger partial charge is 0.365 e. The predicted molar refractivity (Wildman–Crippen MR) is 103 cm³/mol. The average Bonchev–Trinajstić information content (AvgIpc) is 3.34. The zero-order valence-corrected chi connectivity index (χ0v) is 16.1. The number of aromatic nitrogens is 4.